The summed E-state index contributed by atoms with van der Waals surface area (Å²) < 4.78 is 15.4. The van der Waals surface area contributed by atoms with E-state index in [9.17, 15) is 4.79 Å². The van der Waals surface area contributed by atoms with E-state index in [1.54, 1.807) is 13.2 Å². The predicted molar refractivity (Wildman–Crippen MR) is 50.4 cm³/mol. The minimum absolute atomic E-state index is 0.240. The highest BCUT2D eigenvalue weighted by atomic mass is 16.7. The van der Waals surface area contributed by atoms with Crippen LogP contribution in [0.4, 0.5) is 0 Å². The molecular formula is C10H16O4. The Balaban J connectivity index is 2.41. The van der Waals surface area contributed by atoms with Gasteiger partial charge in [-0.2, -0.15) is 0 Å². The third-order valence-electron chi connectivity index (χ3n) is 1.79. The van der Waals surface area contributed by atoms with Crippen LogP contribution in [-0.2, 0) is 19.0 Å². The highest BCUT2D eigenvalue weighted by Gasteiger charge is 2.24. The third kappa shape index (κ3) is 3.38. The highest BCUT2D eigenvalue weighted by molar-refractivity contribution is 5.72. The van der Waals surface area contributed by atoms with Crippen molar-refractivity contribution in [2.75, 3.05) is 13.2 Å². The Kier molecular flexibility index (Phi) is 3.52. The summed E-state index contributed by atoms with van der Waals surface area (Å²) in [5, 5.41) is 0. The second kappa shape index (κ2) is 4.46. The zero-order valence-corrected chi connectivity index (χ0v) is 8.83. The molecule has 4 nitrogen and oxygen atoms in total. The normalized spacial score (nSPS) is 19.5. The number of carbonyl (C=O) groups is 1. The molecule has 0 aromatic heterocycles. The molecule has 0 saturated heterocycles. The zero-order valence-electron chi connectivity index (χ0n) is 8.83. The van der Waals surface area contributed by atoms with E-state index in [1.165, 1.54) is 0 Å². The molecule has 0 fully saturated rings. The van der Waals surface area contributed by atoms with Crippen LogP contribution in [0, 0.1) is 0 Å². The largest absolute Gasteiger partial charge is 0.471 e. The van der Waals surface area contributed by atoms with Crippen LogP contribution in [0.3, 0.4) is 0 Å². The molecule has 0 radical (unpaired) electrons. The summed E-state index contributed by atoms with van der Waals surface area (Å²) in [7, 11) is 0. The quantitative estimate of drug-likeness (QED) is 0.649. The number of rotatable bonds is 3. The Bertz CT molecular complexity index is 243. The lowest BCUT2D eigenvalue weighted by atomic mass is 10.2. The van der Waals surface area contributed by atoms with Crippen molar-refractivity contribution in [1.29, 1.82) is 0 Å². The van der Waals surface area contributed by atoms with Crippen LogP contribution < -0.4 is 0 Å². The van der Waals surface area contributed by atoms with Gasteiger partial charge in [-0.3, -0.25) is 4.79 Å². The van der Waals surface area contributed by atoms with E-state index in [1.807, 2.05) is 13.8 Å². The second-order valence-corrected chi connectivity index (χ2v) is 3.56. The van der Waals surface area contributed by atoms with Crippen LogP contribution in [-0.4, -0.2) is 25.0 Å². The molecule has 0 spiro atoms. The average Bonchev–Trinajstić information content (AvgIpc) is 2.09. The van der Waals surface area contributed by atoms with Gasteiger partial charge in [0.1, 0.15) is 0 Å². The van der Waals surface area contributed by atoms with Gasteiger partial charge in [-0.1, -0.05) is 0 Å². The molecule has 0 saturated carbocycles. The van der Waals surface area contributed by atoms with Gasteiger partial charge in [0, 0.05) is 19.4 Å². The number of carbonyl (C=O) groups excluding carboxylic acids is 1. The first kappa shape index (κ1) is 11.0. The van der Waals surface area contributed by atoms with Gasteiger partial charge in [0.25, 0.3) is 0 Å². The Morgan fingerprint density at radius 2 is 2.36 bits per heavy atom. The maximum atomic E-state index is 11.1. The van der Waals surface area contributed by atoms with Gasteiger partial charge in [-0.25, -0.2) is 0 Å². The van der Waals surface area contributed by atoms with E-state index in [0.717, 1.165) is 5.57 Å². The van der Waals surface area contributed by atoms with Gasteiger partial charge in [-0.05, 0) is 6.92 Å². The molecule has 1 heterocycles. The topological polar surface area (TPSA) is 44.8 Å². The summed E-state index contributed by atoms with van der Waals surface area (Å²) in [6, 6.07) is 0. The minimum atomic E-state index is -0.585. The zero-order chi connectivity index (χ0) is 10.6. The van der Waals surface area contributed by atoms with Gasteiger partial charge in [0.05, 0.1) is 25.9 Å². The maximum absolute atomic E-state index is 11.1. The fourth-order valence-corrected chi connectivity index (χ4v) is 1.05. The molecule has 0 atom stereocenters. The van der Waals surface area contributed by atoms with E-state index < -0.39 is 5.79 Å². The van der Waals surface area contributed by atoms with Crippen LogP contribution in [0.2, 0.25) is 0 Å². The molecule has 1 rings (SSSR count). The van der Waals surface area contributed by atoms with E-state index in [0.29, 0.717) is 13.2 Å². The van der Waals surface area contributed by atoms with Gasteiger partial charge < -0.3 is 14.2 Å². The lowest BCUT2D eigenvalue weighted by molar-refractivity contribution is -0.190. The molecule has 0 unspecified atom stereocenters. The van der Waals surface area contributed by atoms with E-state index in [2.05, 4.69) is 0 Å². The fourth-order valence-electron chi connectivity index (χ4n) is 1.05. The third-order valence-corrected chi connectivity index (χ3v) is 1.79. The number of hydrogen-bond acceptors (Lipinski definition) is 4. The maximum Gasteiger partial charge on any atom is 0.310 e. The number of ether oxygens (including phenoxy) is 3. The first-order chi connectivity index (χ1) is 6.53. The molecule has 0 bridgehead atoms. The highest BCUT2D eigenvalue weighted by Crippen LogP contribution is 2.21. The van der Waals surface area contributed by atoms with Crippen LogP contribution in [0.5, 0.6) is 0 Å². The lowest BCUT2D eigenvalue weighted by Gasteiger charge is -2.29. The van der Waals surface area contributed by atoms with E-state index >= 15 is 0 Å². The summed E-state index contributed by atoms with van der Waals surface area (Å²) in [5.41, 5.74) is 0.808. The summed E-state index contributed by atoms with van der Waals surface area (Å²) >= 11 is 0. The lowest BCUT2D eigenvalue weighted by Crippen LogP contribution is -2.31. The standard InChI is InChI=1S/C10H16O4/c1-4-12-9(11)5-8-6-13-10(2,3)14-7-8/h6H,4-5,7H2,1-3H3. The first-order valence-corrected chi connectivity index (χ1v) is 4.69. The minimum Gasteiger partial charge on any atom is -0.471 e. The average molecular weight is 200 g/mol. The summed E-state index contributed by atoms with van der Waals surface area (Å²) in [6.45, 7) is 6.25. The monoisotopic (exact) mass is 200 g/mol. The van der Waals surface area contributed by atoms with Gasteiger partial charge >= 0.3 is 5.97 Å². The van der Waals surface area contributed by atoms with Crippen molar-refractivity contribution in [3.8, 4) is 0 Å². The van der Waals surface area contributed by atoms with Crippen LogP contribution in [0.15, 0.2) is 11.8 Å². The molecule has 0 N–H and O–H groups in total. The molecule has 0 aromatic carbocycles. The molecule has 80 valence electrons. The first-order valence-electron chi connectivity index (χ1n) is 4.69. The van der Waals surface area contributed by atoms with Crippen molar-refractivity contribution in [3.63, 3.8) is 0 Å². The van der Waals surface area contributed by atoms with E-state index in [-0.39, 0.29) is 12.4 Å². The van der Waals surface area contributed by atoms with Gasteiger partial charge in [0.2, 0.25) is 5.79 Å². The van der Waals surface area contributed by atoms with Crippen molar-refractivity contribution in [2.45, 2.75) is 33.0 Å². The summed E-state index contributed by atoms with van der Waals surface area (Å²) in [5.74, 6) is -0.830. The van der Waals surface area contributed by atoms with Crippen molar-refractivity contribution < 1.29 is 19.0 Å². The summed E-state index contributed by atoms with van der Waals surface area (Å²) in [6.07, 6.45) is 1.82. The fraction of sp³-hybridized carbons (Fsp3) is 0.700. The second-order valence-electron chi connectivity index (χ2n) is 3.56. The van der Waals surface area contributed by atoms with Gasteiger partial charge in [0.15, 0.2) is 0 Å². The molecule has 1 aliphatic heterocycles. The van der Waals surface area contributed by atoms with E-state index in [4.69, 9.17) is 14.2 Å². The number of hydrogen-bond donors (Lipinski definition) is 0. The molecule has 0 aromatic rings. The summed E-state index contributed by atoms with van der Waals surface area (Å²) in [4.78, 5) is 11.1. The van der Waals surface area contributed by atoms with Crippen molar-refractivity contribution in [1.82, 2.24) is 0 Å². The van der Waals surface area contributed by atoms with Crippen LogP contribution in [0.25, 0.3) is 0 Å². The van der Waals surface area contributed by atoms with Crippen LogP contribution >= 0.6 is 0 Å². The Hall–Kier alpha value is -1.03. The molecule has 0 aliphatic carbocycles. The molecule has 1 aliphatic rings. The molecular weight excluding hydrogens is 184 g/mol. The SMILES string of the molecule is CCOC(=O)CC1=COC(C)(C)OC1. The van der Waals surface area contributed by atoms with Crippen LogP contribution in [0.1, 0.15) is 27.2 Å². The Morgan fingerprint density at radius 3 is 2.86 bits per heavy atom. The molecule has 0 amide bonds. The van der Waals surface area contributed by atoms with Crippen molar-refractivity contribution >= 4 is 5.97 Å². The van der Waals surface area contributed by atoms with Crippen molar-refractivity contribution in [2.24, 2.45) is 0 Å². The Morgan fingerprint density at radius 1 is 1.64 bits per heavy atom. The Labute approximate surface area is 83.8 Å². The van der Waals surface area contributed by atoms with Crippen molar-refractivity contribution in [3.05, 3.63) is 11.8 Å². The predicted octanol–water partition coefficient (Wildman–Crippen LogP) is 1.61. The number of esters is 1. The smallest absolute Gasteiger partial charge is 0.310 e. The molecule has 4 heteroatoms. The molecule has 14 heavy (non-hydrogen) atoms. The van der Waals surface area contributed by atoms with Gasteiger partial charge in [-0.15, -0.1) is 0 Å².